The molecule has 0 amide bonds. The van der Waals surface area contributed by atoms with Crippen molar-refractivity contribution in [3.05, 3.63) is 0 Å². The summed E-state index contributed by atoms with van der Waals surface area (Å²) >= 11 is 0. The Morgan fingerprint density at radius 2 is 2.33 bits per heavy atom. The normalized spacial score (nSPS) is 27.7. The average Bonchev–Trinajstić information content (AvgIpc) is 2.95. The molecule has 86 valence electrons. The highest BCUT2D eigenvalue weighted by atomic mass is 16.5. The van der Waals surface area contributed by atoms with Crippen LogP contribution in [-0.2, 0) is 14.3 Å². The molecule has 1 heterocycles. The molecule has 4 heteroatoms. The minimum atomic E-state index is -0.114. The van der Waals surface area contributed by atoms with Crippen molar-refractivity contribution in [3.63, 3.8) is 0 Å². The predicted octanol–water partition coefficient (Wildman–Crippen LogP) is 0.564. The molecule has 4 nitrogen and oxygen atoms in total. The Morgan fingerprint density at radius 3 is 2.87 bits per heavy atom. The van der Waals surface area contributed by atoms with Gasteiger partial charge in [0.15, 0.2) is 0 Å². The standard InChI is InChI=1S/C11H19NO3/c1-14-11(13)10(9-2-3-9)12-6-8-4-5-15-7-8/h8-10,12H,2-7H2,1H3. The fourth-order valence-corrected chi connectivity index (χ4v) is 2.04. The molecule has 2 atom stereocenters. The molecule has 1 N–H and O–H groups in total. The third-order valence-electron chi connectivity index (χ3n) is 3.20. The maximum absolute atomic E-state index is 11.5. The lowest BCUT2D eigenvalue weighted by Crippen LogP contribution is -2.42. The minimum Gasteiger partial charge on any atom is -0.468 e. The Morgan fingerprint density at radius 1 is 1.53 bits per heavy atom. The summed E-state index contributed by atoms with van der Waals surface area (Å²) in [6, 6.07) is -0.0874. The van der Waals surface area contributed by atoms with Crippen molar-refractivity contribution in [2.24, 2.45) is 11.8 Å². The number of hydrogen-bond donors (Lipinski definition) is 1. The van der Waals surface area contributed by atoms with Gasteiger partial charge in [-0.05, 0) is 31.1 Å². The van der Waals surface area contributed by atoms with E-state index in [0.717, 1.165) is 39.0 Å². The van der Waals surface area contributed by atoms with E-state index in [1.54, 1.807) is 0 Å². The second-order valence-corrected chi connectivity index (χ2v) is 4.48. The van der Waals surface area contributed by atoms with Gasteiger partial charge in [0.05, 0.1) is 13.7 Å². The topological polar surface area (TPSA) is 47.6 Å². The van der Waals surface area contributed by atoms with Crippen LogP contribution < -0.4 is 5.32 Å². The first kappa shape index (κ1) is 10.9. The highest BCUT2D eigenvalue weighted by molar-refractivity contribution is 5.76. The van der Waals surface area contributed by atoms with E-state index in [2.05, 4.69) is 5.32 Å². The third-order valence-corrected chi connectivity index (χ3v) is 3.20. The molecule has 2 aliphatic rings. The summed E-state index contributed by atoms with van der Waals surface area (Å²) in [5, 5.41) is 3.32. The Bertz CT molecular complexity index is 222. The molecule has 0 spiro atoms. The summed E-state index contributed by atoms with van der Waals surface area (Å²) in [7, 11) is 1.46. The Kier molecular flexibility index (Phi) is 3.59. The number of ether oxygens (including phenoxy) is 2. The summed E-state index contributed by atoms with van der Waals surface area (Å²) in [6.07, 6.45) is 3.40. The van der Waals surface area contributed by atoms with Crippen molar-refractivity contribution < 1.29 is 14.3 Å². The number of carbonyl (C=O) groups is 1. The summed E-state index contributed by atoms with van der Waals surface area (Å²) in [4.78, 5) is 11.5. The van der Waals surface area contributed by atoms with Crippen LogP contribution in [0.25, 0.3) is 0 Å². The fourth-order valence-electron chi connectivity index (χ4n) is 2.04. The first-order valence-electron chi connectivity index (χ1n) is 5.70. The van der Waals surface area contributed by atoms with E-state index in [9.17, 15) is 4.79 Å². The van der Waals surface area contributed by atoms with Crippen LogP contribution in [-0.4, -0.2) is 38.9 Å². The molecular weight excluding hydrogens is 194 g/mol. The number of esters is 1. The minimum absolute atomic E-state index is 0.0874. The van der Waals surface area contributed by atoms with Gasteiger partial charge in [-0.2, -0.15) is 0 Å². The smallest absolute Gasteiger partial charge is 0.323 e. The summed E-state index contributed by atoms with van der Waals surface area (Å²) < 4.78 is 10.1. The van der Waals surface area contributed by atoms with Crippen molar-refractivity contribution in [1.29, 1.82) is 0 Å². The van der Waals surface area contributed by atoms with Crippen LogP contribution in [0.4, 0.5) is 0 Å². The summed E-state index contributed by atoms with van der Waals surface area (Å²) in [6.45, 7) is 2.56. The number of carbonyl (C=O) groups excluding carboxylic acids is 1. The molecular formula is C11H19NO3. The molecule has 1 saturated heterocycles. The van der Waals surface area contributed by atoms with E-state index >= 15 is 0 Å². The van der Waals surface area contributed by atoms with E-state index in [0.29, 0.717) is 11.8 Å². The second-order valence-electron chi connectivity index (χ2n) is 4.48. The number of nitrogens with one attached hydrogen (secondary N) is 1. The highest BCUT2D eigenvalue weighted by Crippen LogP contribution is 2.33. The lowest BCUT2D eigenvalue weighted by molar-refractivity contribution is -0.143. The van der Waals surface area contributed by atoms with Crippen molar-refractivity contribution in [1.82, 2.24) is 5.32 Å². The summed E-state index contributed by atoms with van der Waals surface area (Å²) in [5.41, 5.74) is 0. The lowest BCUT2D eigenvalue weighted by Gasteiger charge is -2.17. The largest absolute Gasteiger partial charge is 0.468 e. The quantitative estimate of drug-likeness (QED) is 0.678. The van der Waals surface area contributed by atoms with Crippen LogP contribution in [0.2, 0.25) is 0 Å². The van der Waals surface area contributed by atoms with Crippen molar-refractivity contribution in [2.45, 2.75) is 25.3 Å². The maximum Gasteiger partial charge on any atom is 0.323 e. The number of hydrogen-bond acceptors (Lipinski definition) is 4. The zero-order valence-corrected chi connectivity index (χ0v) is 9.20. The van der Waals surface area contributed by atoms with E-state index in [1.165, 1.54) is 7.11 Å². The zero-order valence-electron chi connectivity index (χ0n) is 9.20. The maximum atomic E-state index is 11.5. The molecule has 2 unspecified atom stereocenters. The second kappa shape index (κ2) is 4.94. The number of rotatable bonds is 5. The third kappa shape index (κ3) is 2.92. The molecule has 2 fully saturated rings. The molecule has 1 saturated carbocycles. The Balaban J connectivity index is 1.75. The van der Waals surface area contributed by atoms with Gasteiger partial charge in [0.25, 0.3) is 0 Å². The molecule has 0 aromatic carbocycles. The molecule has 0 aromatic rings. The zero-order chi connectivity index (χ0) is 10.7. The molecule has 1 aliphatic heterocycles. The van der Waals surface area contributed by atoms with Crippen molar-refractivity contribution >= 4 is 5.97 Å². The van der Waals surface area contributed by atoms with E-state index in [4.69, 9.17) is 9.47 Å². The van der Waals surface area contributed by atoms with E-state index in [-0.39, 0.29) is 12.0 Å². The van der Waals surface area contributed by atoms with Crippen LogP contribution in [0.15, 0.2) is 0 Å². The van der Waals surface area contributed by atoms with Gasteiger partial charge >= 0.3 is 5.97 Å². The van der Waals surface area contributed by atoms with Gasteiger partial charge in [0.1, 0.15) is 6.04 Å². The van der Waals surface area contributed by atoms with Crippen LogP contribution in [0.3, 0.4) is 0 Å². The first-order chi connectivity index (χ1) is 7.31. The van der Waals surface area contributed by atoms with Crippen LogP contribution in [0.1, 0.15) is 19.3 Å². The lowest BCUT2D eigenvalue weighted by atomic mass is 10.1. The fraction of sp³-hybridized carbons (Fsp3) is 0.909. The van der Waals surface area contributed by atoms with Gasteiger partial charge in [0.2, 0.25) is 0 Å². The molecule has 2 rings (SSSR count). The van der Waals surface area contributed by atoms with E-state index in [1.807, 2.05) is 0 Å². The Hall–Kier alpha value is -0.610. The SMILES string of the molecule is COC(=O)C(NCC1CCOC1)C1CC1. The van der Waals surface area contributed by atoms with Crippen molar-refractivity contribution in [2.75, 3.05) is 26.9 Å². The van der Waals surface area contributed by atoms with Gasteiger partial charge in [-0.25, -0.2) is 0 Å². The molecule has 0 radical (unpaired) electrons. The monoisotopic (exact) mass is 213 g/mol. The van der Waals surface area contributed by atoms with Crippen LogP contribution in [0, 0.1) is 11.8 Å². The number of methoxy groups -OCH3 is 1. The van der Waals surface area contributed by atoms with Crippen LogP contribution >= 0.6 is 0 Å². The van der Waals surface area contributed by atoms with Crippen molar-refractivity contribution in [3.8, 4) is 0 Å². The molecule has 1 aliphatic carbocycles. The van der Waals surface area contributed by atoms with E-state index < -0.39 is 0 Å². The molecule has 0 aromatic heterocycles. The first-order valence-corrected chi connectivity index (χ1v) is 5.70. The van der Waals surface area contributed by atoms with Gasteiger partial charge < -0.3 is 14.8 Å². The van der Waals surface area contributed by atoms with Gasteiger partial charge in [-0.3, -0.25) is 4.79 Å². The highest BCUT2D eigenvalue weighted by Gasteiger charge is 2.37. The van der Waals surface area contributed by atoms with Crippen LogP contribution in [0.5, 0.6) is 0 Å². The summed E-state index contributed by atoms with van der Waals surface area (Å²) in [5.74, 6) is 0.951. The molecule has 15 heavy (non-hydrogen) atoms. The average molecular weight is 213 g/mol. The predicted molar refractivity (Wildman–Crippen MR) is 55.5 cm³/mol. The molecule has 0 bridgehead atoms. The Labute approximate surface area is 90.3 Å². The van der Waals surface area contributed by atoms with Gasteiger partial charge in [0, 0.05) is 13.2 Å². The van der Waals surface area contributed by atoms with Gasteiger partial charge in [-0.1, -0.05) is 0 Å². The van der Waals surface area contributed by atoms with Gasteiger partial charge in [-0.15, -0.1) is 0 Å².